The molecule has 0 aromatic carbocycles. The van der Waals surface area contributed by atoms with E-state index < -0.39 is 5.97 Å². The van der Waals surface area contributed by atoms with Crippen molar-refractivity contribution in [1.29, 1.82) is 0 Å². The van der Waals surface area contributed by atoms with Gasteiger partial charge in [-0.15, -0.1) is 12.4 Å². The molecule has 0 aliphatic rings. The summed E-state index contributed by atoms with van der Waals surface area (Å²) in [7, 11) is 0. The van der Waals surface area contributed by atoms with Crippen molar-refractivity contribution < 1.29 is 9.90 Å². The number of carbonyl (C=O) groups is 1. The number of aromatic nitrogens is 2. The van der Waals surface area contributed by atoms with E-state index >= 15 is 0 Å². The summed E-state index contributed by atoms with van der Waals surface area (Å²) in [6, 6.07) is 5.52. The standard InChI is InChI=1S/C11H12N2O2.ClH/c1-7(2)10-9(11(14)15)12-8-5-3-4-6-13(8)10;/h3-7H,1-2H3,(H,14,15);1H. The van der Waals surface area contributed by atoms with Crippen molar-refractivity contribution >= 4 is 24.0 Å². The van der Waals surface area contributed by atoms with Crippen molar-refractivity contribution in [2.24, 2.45) is 0 Å². The molecule has 2 heterocycles. The first-order valence-corrected chi connectivity index (χ1v) is 4.81. The van der Waals surface area contributed by atoms with Crippen LogP contribution in [-0.2, 0) is 0 Å². The van der Waals surface area contributed by atoms with Crippen LogP contribution < -0.4 is 0 Å². The van der Waals surface area contributed by atoms with Crippen LogP contribution in [-0.4, -0.2) is 20.5 Å². The van der Waals surface area contributed by atoms with Gasteiger partial charge in [-0.2, -0.15) is 0 Å². The number of nitrogens with zero attached hydrogens (tertiary/aromatic N) is 2. The van der Waals surface area contributed by atoms with Gasteiger partial charge in [0.15, 0.2) is 5.69 Å². The molecule has 16 heavy (non-hydrogen) atoms. The fourth-order valence-electron chi connectivity index (χ4n) is 1.72. The molecule has 0 spiro atoms. The molecule has 2 rings (SSSR count). The van der Waals surface area contributed by atoms with Crippen LogP contribution in [0.15, 0.2) is 24.4 Å². The van der Waals surface area contributed by atoms with Gasteiger partial charge in [0.05, 0.1) is 5.69 Å². The first-order valence-electron chi connectivity index (χ1n) is 4.81. The Labute approximate surface area is 99.3 Å². The summed E-state index contributed by atoms with van der Waals surface area (Å²) in [5.41, 5.74) is 1.58. The second-order valence-electron chi connectivity index (χ2n) is 3.73. The number of carboxylic acids is 1. The predicted molar refractivity (Wildman–Crippen MR) is 63.5 cm³/mol. The summed E-state index contributed by atoms with van der Waals surface area (Å²) >= 11 is 0. The van der Waals surface area contributed by atoms with E-state index in [2.05, 4.69) is 4.98 Å². The second-order valence-corrected chi connectivity index (χ2v) is 3.73. The SMILES string of the molecule is CC(C)c1c(C(=O)O)nc2ccccn12.Cl. The van der Waals surface area contributed by atoms with Crippen LogP contribution in [0.4, 0.5) is 0 Å². The zero-order valence-corrected chi connectivity index (χ0v) is 9.86. The van der Waals surface area contributed by atoms with E-state index in [9.17, 15) is 4.79 Å². The number of carboxylic acid groups (broad SMARTS) is 1. The van der Waals surface area contributed by atoms with Gasteiger partial charge in [0, 0.05) is 6.20 Å². The van der Waals surface area contributed by atoms with E-state index in [4.69, 9.17) is 5.11 Å². The molecule has 5 heteroatoms. The zero-order chi connectivity index (χ0) is 11.0. The molecule has 0 radical (unpaired) electrons. The number of rotatable bonds is 2. The van der Waals surface area contributed by atoms with Gasteiger partial charge in [0.2, 0.25) is 0 Å². The summed E-state index contributed by atoms with van der Waals surface area (Å²) < 4.78 is 1.83. The highest BCUT2D eigenvalue weighted by atomic mass is 35.5. The van der Waals surface area contributed by atoms with Gasteiger partial charge in [0.1, 0.15) is 5.65 Å². The third kappa shape index (κ3) is 1.88. The fourth-order valence-corrected chi connectivity index (χ4v) is 1.72. The predicted octanol–water partition coefficient (Wildman–Crippen LogP) is 2.58. The number of imidazole rings is 1. The van der Waals surface area contributed by atoms with Gasteiger partial charge in [-0.3, -0.25) is 0 Å². The lowest BCUT2D eigenvalue weighted by molar-refractivity contribution is 0.0689. The molecule has 4 nitrogen and oxygen atoms in total. The summed E-state index contributed by atoms with van der Waals surface area (Å²) in [5.74, 6) is -0.837. The molecular formula is C11H13ClN2O2. The molecule has 86 valence electrons. The number of fused-ring (bicyclic) bond motifs is 1. The molecule has 2 aromatic rings. The first kappa shape index (κ1) is 12.5. The Bertz CT molecular complexity index is 520. The number of pyridine rings is 1. The Morgan fingerprint density at radius 3 is 2.69 bits per heavy atom. The lowest BCUT2D eigenvalue weighted by Crippen LogP contribution is -2.04. The number of halogens is 1. The highest BCUT2D eigenvalue weighted by Crippen LogP contribution is 2.21. The first-order chi connectivity index (χ1) is 7.11. The third-order valence-electron chi connectivity index (χ3n) is 2.32. The molecule has 1 N–H and O–H groups in total. The molecule has 0 saturated heterocycles. The van der Waals surface area contributed by atoms with Crippen molar-refractivity contribution in [3.05, 3.63) is 35.8 Å². The Morgan fingerprint density at radius 2 is 2.12 bits per heavy atom. The summed E-state index contributed by atoms with van der Waals surface area (Å²) in [5, 5.41) is 9.04. The monoisotopic (exact) mass is 240 g/mol. The van der Waals surface area contributed by atoms with Gasteiger partial charge in [-0.25, -0.2) is 9.78 Å². The number of hydrogen-bond donors (Lipinski definition) is 1. The van der Waals surface area contributed by atoms with E-state index in [0.29, 0.717) is 5.65 Å². The Kier molecular flexibility index (Phi) is 3.55. The Hall–Kier alpha value is -1.55. The number of hydrogen-bond acceptors (Lipinski definition) is 2. The van der Waals surface area contributed by atoms with E-state index in [-0.39, 0.29) is 24.0 Å². The van der Waals surface area contributed by atoms with Crippen LogP contribution in [0.1, 0.15) is 35.9 Å². The van der Waals surface area contributed by atoms with E-state index in [1.165, 1.54) is 0 Å². The van der Waals surface area contributed by atoms with Crippen LogP contribution in [0.5, 0.6) is 0 Å². The summed E-state index contributed by atoms with van der Waals surface area (Å²) in [6.45, 7) is 3.92. The van der Waals surface area contributed by atoms with Crippen LogP contribution in [0.25, 0.3) is 5.65 Å². The smallest absolute Gasteiger partial charge is 0.356 e. The van der Waals surface area contributed by atoms with E-state index in [1.54, 1.807) is 6.07 Å². The molecule has 0 atom stereocenters. The normalized spacial score (nSPS) is 10.4. The van der Waals surface area contributed by atoms with Crippen LogP contribution >= 0.6 is 12.4 Å². The van der Waals surface area contributed by atoms with Gasteiger partial charge in [-0.05, 0) is 18.1 Å². The maximum atomic E-state index is 11.0. The Morgan fingerprint density at radius 1 is 1.44 bits per heavy atom. The summed E-state index contributed by atoms with van der Waals surface area (Å²) in [4.78, 5) is 15.1. The van der Waals surface area contributed by atoms with Crippen LogP contribution in [0, 0.1) is 0 Å². The van der Waals surface area contributed by atoms with Crippen molar-refractivity contribution in [2.75, 3.05) is 0 Å². The van der Waals surface area contributed by atoms with Gasteiger partial charge < -0.3 is 9.51 Å². The lowest BCUT2D eigenvalue weighted by atomic mass is 10.1. The van der Waals surface area contributed by atoms with Gasteiger partial charge in [0.25, 0.3) is 0 Å². The van der Waals surface area contributed by atoms with Gasteiger partial charge in [-0.1, -0.05) is 19.9 Å². The molecular weight excluding hydrogens is 228 g/mol. The molecule has 0 fully saturated rings. The van der Waals surface area contributed by atoms with Crippen molar-refractivity contribution in [2.45, 2.75) is 19.8 Å². The van der Waals surface area contributed by atoms with Crippen LogP contribution in [0.3, 0.4) is 0 Å². The zero-order valence-electron chi connectivity index (χ0n) is 9.04. The lowest BCUT2D eigenvalue weighted by Gasteiger charge is -2.05. The number of aromatic carboxylic acids is 1. The topological polar surface area (TPSA) is 54.6 Å². The average molecular weight is 241 g/mol. The van der Waals surface area contributed by atoms with Crippen molar-refractivity contribution in [3.63, 3.8) is 0 Å². The quantitative estimate of drug-likeness (QED) is 0.878. The maximum Gasteiger partial charge on any atom is 0.356 e. The molecule has 0 aliphatic heterocycles. The minimum Gasteiger partial charge on any atom is -0.476 e. The Balaban J connectivity index is 0.00000128. The molecule has 0 aliphatic carbocycles. The minimum absolute atomic E-state index is 0. The van der Waals surface area contributed by atoms with Crippen LogP contribution in [0.2, 0.25) is 0 Å². The van der Waals surface area contributed by atoms with E-state index in [0.717, 1.165) is 5.69 Å². The maximum absolute atomic E-state index is 11.0. The highest BCUT2D eigenvalue weighted by molar-refractivity contribution is 5.88. The third-order valence-corrected chi connectivity index (χ3v) is 2.32. The molecule has 0 bridgehead atoms. The second kappa shape index (κ2) is 4.53. The molecule has 2 aromatic heterocycles. The molecule has 0 amide bonds. The van der Waals surface area contributed by atoms with Gasteiger partial charge >= 0.3 is 5.97 Å². The molecule has 0 unspecified atom stereocenters. The fraction of sp³-hybridized carbons (Fsp3) is 0.273. The van der Waals surface area contributed by atoms with Crippen molar-refractivity contribution in [1.82, 2.24) is 9.38 Å². The van der Waals surface area contributed by atoms with E-state index in [1.807, 2.05) is 36.6 Å². The largest absolute Gasteiger partial charge is 0.476 e. The van der Waals surface area contributed by atoms with Crippen molar-refractivity contribution in [3.8, 4) is 0 Å². The minimum atomic E-state index is -0.970. The average Bonchev–Trinajstić information content (AvgIpc) is 2.56. The summed E-state index contributed by atoms with van der Waals surface area (Å²) in [6.07, 6.45) is 1.84. The molecule has 0 saturated carbocycles. The highest BCUT2D eigenvalue weighted by Gasteiger charge is 2.19.